The van der Waals surface area contributed by atoms with Crippen molar-refractivity contribution in [3.05, 3.63) is 77.3 Å². The van der Waals surface area contributed by atoms with Crippen molar-refractivity contribution in [1.29, 1.82) is 0 Å². The minimum absolute atomic E-state index is 0.0506. The van der Waals surface area contributed by atoms with Crippen LogP contribution in [0.3, 0.4) is 0 Å². The number of carbonyl (C=O) groups is 2. The highest BCUT2D eigenvalue weighted by Gasteiger charge is 2.34. The summed E-state index contributed by atoms with van der Waals surface area (Å²) in [6.07, 6.45) is 0.970. The van der Waals surface area contributed by atoms with Crippen LogP contribution < -0.4 is 10.5 Å². The zero-order valence-electron chi connectivity index (χ0n) is 17.2. The Morgan fingerprint density at radius 2 is 1.77 bits per heavy atom. The fraction of sp³-hybridized carbons (Fsp3) is 0.280. The van der Waals surface area contributed by atoms with Gasteiger partial charge in [0.15, 0.2) is 0 Å². The maximum atomic E-state index is 13.0. The Hall–Kier alpha value is -3.05. The topological polar surface area (TPSA) is 72.6 Å². The number of ether oxygens (including phenoxy) is 1. The van der Waals surface area contributed by atoms with E-state index in [-0.39, 0.29) is 24.3 Å². The van der Waals surface area contributed by atoms with Crippen LogP contribution in [0.1, 0.15) is 18.4 Å². The second-order valence-electron chi connectivity index (χ2n) is 8.03. The molecule has 5 nitrogen and oxygen atoms in total. The zero-order valence-corrected chi connectivity index (χ0v) is 17.9. The third-order valence-electron chi connectivity index (χ3n) is 5.75. The molecule has 1 aliphatic heterocycles. The number of halogens is 1. The van der Waals surface area contributed by atoms with Crippen LogP contribution in [0.25, 0.3) is 10.8 Å². The average molecular weight is 437 g/mol. The first-order valence-electron chi connectivity index (χ1n) is 10.4. The number of carbonyl (C=O) groups excluding carboxylic acids is 2. The number of hydrogen-bond acceptors (Lipinski definition) is 3. The number of primary amides is 1. The Morgan fingerprint density at radius 1 is 1.03 bits per heavy atom. The van der Waals surface area contributed by atoms with Crippen LogP contribution in [-0.2, 0) is 16.0 Å². The molecular formula is C25H25ClN2O3. The third-order valence-corrected chi connectivity index (χ3v) is 6.00. The van der Waals surface area contributed by atoms with Crippen molar-refractivity contribution >= 4 is 34.2 Å². The lowest BCUT2D eigenvalue weighted by Gasteiger charge is -2.38. The molecule has 2 atom stereocenters. The Labute approximate surface area is 186 Å². The molecule has 2 N–H and O–H groups in total. The summed E-state index contributed by atoms with van der Waals surface area (Å²) in [4.78, 5) is 26.5. The van der Waals surface area contributed by atoms with Crippen LogP contribution in [0.15, 0.2) is 66.7 Å². The summed E-state index contributed by atoms with van der Waals surface area (Å²) in [5, 5.41) is 2.91. The van der Waals surface area contributed by atoms with Crippen LogP contribution in [0, 0.1) is 5.92 Å². The van der Waals surface area contributed by atoms with Crippen LogP contribution in [0.2, 0.25) is 5.02 Å². The van der Waals surface area contributed by atoms with Crippen molar-refractivity contribution in [2.45, 2.75) is 25.4 Å². The van der Waals surface area contributed by atoms with E-state index in [4.69, 9.17) is 22.1 Å². The Kier molecular flexibility index (Phi) is 6.42. The number of fused-ring (bicyclic) bond motifs is 1. The van der Waals surface area contributed by atoms with Crippen molar-refractivity contribution in [3.8, 4) is 5.75 Å². The predicted octanol–water partition coefficient (Wildman–Crippen LogP) is 4.21. The first-order valence-corrected chi connectivity index (χ1v) is 10.8. The standard InChI is InChI=1S/C25H25ClN2O3/c26-21-7-9-22(10-8-21)31-23-11-12-28(16-20(23)15-24(27)29)25(30)14-17-5-6-18-3-1-2-4-19(18)13-17/h1-10,13,20,23H,11-12,14-16H2,(H2,27,29)/t20-,23-/m0/s1. The second kappa shape index (κ2) is 9.40. The van der Waals surface area contributed by atoms with E-state index < -0.39 is 5.91 Å². The summed E-state index contributed by atoms with van der Waals surface area (Å²) in [7, 11) is 0. The maximum Gasteiger partial charge on any atom is 0.227 e. The summed E-state index contributed by atoms with van der Waals surface area (Å²) in [6.45, 7) is 1.04. The van der Waals surface area contributed by atoms with Crippen LogP contribution in [0.5, 0.6) is 5.75 Å². The third kappa shape index (κ3) is 5.36. The van der Waals surface area contributed by atoms with Gasteiger partial charge in [0.25, 0.3) is 0 Å². The maximum absolute atomic E-state index is 13.0. The molecule has 160 valence electrons. The molecule has 3 aromatic carbocycles. The molecule has 6 heteroatoms. The summed E-state index contributed by atoms with van der Waals surface area (Å²) in [5.74, 6) is 0.204. The van der Waals surface area contributed by atoms with Gasteiger partial charge in [-0.3, -0.25) is 9.59 Å². The lowest BCUT2D eigenvalue weighted by Crippen LogP contribution is -2.49. The molecule has 1 fully saturated rings. The van der Waals surface area contributed by atoms with Gasteiger partial charge < -0.3 is 15.4 Å². The van der Waals surface area contributed by atoms with E-state index in [1.165, 1.54) is 0 Å². The van der Waals surface area contributed by atoms with Crippen molar-refractivity contribution in [3.63, 3.8) is 0 Å². The molecule has 0 spiro atoms. The molecule has 0 radical (unpaired) electrons. The van der Waals surface area contributed by atoms with Gasteiger partial charge >= 0.3 is 0 Å². The molecule has 1 saturated heterocycles. The summed E-state index contributed by atoms with van der Waals surface area (Å²) >= 11 is 5.94. The van der Waals surface area contributed by atoms with E-state index in [2.05, 4.69) is 12.1 Å². The Morgan fingerprint density at radius 3 is 2.52 bits per heavy atom. The molecule has 0 bridgehead atoms. The number of nitrogens with two attached hydrogens (primary N) is 1. The Bertz CT molecular complexity index is 1080. The molecule has 0 unspecified atom stereocenters. The highest BCUT2D eigenvalue weighted by atomic mass is 35.5. The lowest BCUT2D eigenvalue weighted by atomic mass is 9.90. The molecule has 1 heterocycles. The molecule has 0 aromatic heterocycles. The number of piperidine rings is 1. The number of benzene rings is 3. The van der Waals surface area contributed by atoms with Gasteiger partial charge in [-0.15, -0.1) is 0 Å². The highest BCUT2D eigenvalue weighted by molar-refractivity contribution is 6.30. The number of likely N-dealkylation sites (tertiary alicyclic amines) is 1. The first kappa shape index (κ1) is 21.2. The molecule has 31 heavy (non-hydrogen) atoms. The Balaban J connectivity index is 1.43. The number of hydrogen-bond donors (Lipinski definition) is 1. The van der Waals surface area contributed by atoms with Gasteiger partial charge in [0.05, 0.1) is 6.42 Å². The SMILES string of the molecule is NC(=O)C[C@H]1CN(C(=O)Cc2ccc3ccccc3c2)CC[C@@H]1Oc1ccc(Cl)cc1. The molecule has 1 aliphatic rings. The van der Waals surface area contributed by atoms with Crippen molar-refractivity contribution < 1.29 is 14.3 Å². The number of amides is 2. The van der Waals surface area contributed by atoms with Gasteiger partial charge in [0.1, 0.15) is 11.9 Å². The van der Waals surface area contributed by atoms with Gasteiger partial charge in [-0.25, -0.2) is 0 Å². The molecule has 0 aliphatic carbocycles. The quantitative estimate of drug-likeness (QED) is 0.629. The number of rotatable bonds is 6. The van der Waals surface area contributed by atoms with E-state index in [1.807, 2.05) is 35.2 Å². The van der Waals surface area contributed by atoms with E-state index in [0.29, 0.717) is 36.7 Å². The van der Waals surface area contributed by atoms with Crippen molar-refractivity contribution in [2.24, 2.45) is 11.7 Å². The molecular weight excluding hydrogens is 412 g/mol. The van der Waals surface area contributed by atoms with E-state index >= 15 is 0 Å². The van der Waals surface area contributed by atoms with Gasteiger partial charge in [0, 0.05) is 36.9 Å². The largest absolute Gasteiger partial charge is 0.490 e. The van der Waals surface area contributed by atoms with Gasteiger partial charge in [-0.1, -0.05) is 54.1 Å². The predicted molar refractivity (Wildman–Crippen MR) is 122 cm³/mol. The van der Waals surface area contributed by atoms with E-state index in [1.54, 1.807) is 24.3 Å². The van der Waals surface area contributed by atoms with E-state index in [9.17, 15) is 9.59 Å². The van der Waals surface area contributed by atoms with Gasteiger partial charge in [-0.2, -0.15) is 0 Å². The fourth-order valence-electron chi connectivity index (χ4n) is 4.17. The van der Waals surface area contributed by atoms with Crippen LogP contribution in [-0.4, -0.2) is 35.9 Å². The highest BCUT2D eigenvalue weighted by Crippen LogP contribution is 2.27. The minimum Gasteiger partial charge on any atom is -0.490 e. The lowest BCUT2D eigenvalue weighted by molar-refractivity contribution is -0.135. The first-order chi connectivity index (χ1) is 15.0. The van der Waals surface area contributed by atoms with Crippen molar-refractivity contribution in [1.82, 2.24) is 4.90 Å². The van der Waals surface area contributed by atoms with Crippen LogP contribution >= 0.6 is 11.6 Å². The fourth-order valence-corrected chi connectivity index (χ4v) is 4.30. The number of nitrogens with zero attached hydrogens (tertiary/aromatic N) is 1. The van der Waals surface area contributed by atoms with Crippen molar-refractivity contribution in [2.75, 3.05) is 13.1 Å². The van der Waals surface area contributed by atoms with Gasteiger partial charge in [-0.05, 0) is 40.6 Å². The van der Waals surface area contributed by atoms with Crippen LogP contribution in [0.4, 0.5) is 0 Å². The normalized spacial score (nSPS) is 18.7. The summed E-state index contributed by atoms with van der Waals surface area (Å²) in [5.41, 5.74) is 6.46. The summed E-state index contributed by atoms with van der Waals surface area (Å²) < 4.78 is 6.11. The summed E-state index contributed by atoms with van der Waals surface area (Å²) in [6, 6.07) is 21.3. The monoisotopic (exact) mass is 436 g/mol. The minimum atomic E-state index is -0.390. The molecule has 3 aromatic rings. The smallest absolute Gasteiger partial charge is 0.227 e. The zero-order chi connectivity index (χ0) is 21.8. The average Bonchev–Trinajstić information content (AvgIpc) is 2.76. The molecule has 0 saturated carbocycles. The second-order valence-corrected chi connectivity index (χ2v) is 8.46. The molecule has 4 rings (SSSR count). The molecule has 2 amide bonds. The van der Waals surface area contributed by atoms with Gasteiger partial charge in [0.2, 0.25) is 11.8 Å². The van der Waals surface area contributed by atoms with E-state index in [0.717, 1.165) is 16.3 Å².